The molecule has 6 nitrogen and oxygen atoms in total. The van der Waals surface area contributed by atoms with Gasteiger partial charge in [0.2, 0.25) is 11.6 Å². The SMILES string of the molecule is COc1ccc2[nH]cc(C3=C(O)C(=O)C(c4ccccc4)=C(O)C3=O)c2c1. The molecule has 0 aliphatic heterocycles. The average Bonchev–Trinajstić information content (AvgIpc) is 3.10. The minimum atomic E-state index is -0.810. The smallest absolute Gasteiger partial charge is 0.232 e. The first-order valence-corrected chi connectivity index (χ1v) is 8.19. The number of aromatic amines is 1. The van der Waals surface area contributed by atoms with Gasteiger partial charge in [-0.15, -0.1) is 0 Å². The van der Waals surface area contributed by atoms with E-state index in [0.717, 1.165) is 0 Å². The molecule has 3 aromatic rings. The fourth-order valence-corrected chi connectivity index (χ4v) is 3.23. The zero-order valence-electron chi connectivity index (χ0n) is 14.3. The number of methoxy groups -OCH3 is 1. The van der Waals surface area contributed by atoms with Gasteiger partial charge >= 0.3 is 0 Å². The third-order valence-corrected chi connectivity index (χ3v) is 4.58. The van der Waals surface area contributed by atoms with Crippen molar-refractivity contribution in [3.8, 4) is 5.75 Å². The maximum atomic E-state index is 12.8. The Hall–Kier alpha value is -3.80. The number of ketones is 2. The van der Waals surface area contributed by atoms with E-state index >= 15 is 0 Å². The highest BCUT2D eigenvalue weighted by Crippen LogP contribution is 2.37. The highest BCUT2D eigenvalue weighted by atomic mass is 16.5. The van der Waals surface area contributed by atoms with E-state index in [-0.39, 0.29) is 11.1 Å². The maximum absolute atomic E-state index is 12.8. The van der Waals surface area contributed by atoms with Gasteiger partial charge in [-0.05, 0) is 23.8 Å². The monoisotopic (exact) mass is 361 g/mol. The number of hydrogen-bond donors (Lipinski definition) is 3. The Labute approximate surface area is 154 Å². The second-order valence-corrected chi connectivity index (χ2v) is 6.09. The van der Waals surface area contributed by atoms with Gasteiger partial charge in [-0.25, -0.2) is 0 Å². The van der Waals surface area contributed by atoms with Crippen LogP contribution in [0, 0.1) is 0 Å². The van der Waals surface area contributed by atoms with E-state index in [4.69, 9.17) is 4.74 Å². The first-order chi connectivity index (χ1) is 13.0. The van der Waals surface area contributed by atoms with E-state index in [0.29, 0.717) is 27.8 Å². The number of hydrogen-bond acceptors (Lipinski definition) is 5. The number of rotatable bonds is 3. The van der Waals surface area contributed by atoms with Crippen molar-refractivity contribution < 1.29 is 24.5 Å². The van der Waals surface area contributed by atoms with Crippen LogP contribution in [0.3, 0.4) is 0 Å². The number of carbonyl (C=O) groups excluding carboxylic acids is 2. The Morgan fingerprint density at radius 2 is 1.56 bits per heavy atom. The van der Waals surface area contributed by atoms with Crippen molar-refractivity contribution in [1.29, 1.82) is 0 Å². The van der Waals surface area contributed by atoms with Crippen molar-refractivity contribution in [2.45, 2.75) is 0 Å². The molecule has 2 aromatic carbocycles. The van der Waals surface area contributed by atoms with Gasteiger partial charge in [-0.1, -0.05) is 30.3 Å². The lowest BCUT2D eigenvalue weighted by Gasteiger charge is -2.18. The number of ether oxygens (including phenoxy) is 1. The highest BCUT2D eigenvalue weighted by molar-refractivity contribution is 6.47. The summed E-state index contributed by atoms with van der Waals surface area (Å²) in [6.45, 7) is 0. The van der Waals surface area contributed by atoms with E-state index in [2.05, 4.69) is 4.98 Å². The van der Waals surface area contributed by atoms with Crippen molar-refractivity contribution in [2.75, 3.05) is 7.11 Å². The summed E-state index contributed by atoms with van der Waals surface area (Å²) in [5.74, 6) is -2.43. The lowest BCUT2D eigenvalue weighted by Crippen LogP contribution is -2.22. The van der Waals surface area contributed by atoms with Crippen LogP contribution in [-0.4, -0.2) is 33.9 Å². The second-order valence-electron chi connectivity index (χ2n) is 6.09. The molecule has 1 aliphatic rings. The van der Waals surface area contributed by atoms with Crippen molar-refractivity contribution in [1.82, 2.24) is 4.98 Å². The molecule has 0 bridgehead atoms. The Morgan fingerprint density at radius 3 is 2.26 bits per heavy atom. The fourth-order valence-electron chi connectivity index (χ4n) is 3.23. The molecule has 6 heteroatoms. The van der Waals surface area contributed by atoms with E-state index in [1.54, 1.807) is 48.5 Å². The summed E-state index contributed by atoms with van der Waals surface area (Å²) in [6.07, 6.45) is 1.52. The zero-order chi connectivity index (χ0) is 19.1. The van der Waals surface area contributed by atoms with Crippen molar-refractivity contribution in [2.24, 2.45) is 0 Å². The lowest BCUT2D eigenvalue weighted by atomic mass is 9.86. The summed E-state index contributed by atoms with van der Waals surface area (Å²) in [5.41, 5.74) is 0.928. The van der Waals surface area contributed by atoms with Crippen molar-refractivity contribution in [3.05, 3.63) is 77.4 Å². The Bertz CT molecular complexity index is 1150. The number of H-pyrrole nitrogens is 1. The van der Waals surface area contributed by atoms with Gasteiger partial charge in [0.25, 0.3) is 0 Å². The predicted octanol–water partition coefficient (Wildman–Crippen LogP) is 3.57. The maximum Gasteiger partial charge on any atom is 0.232 e. The summed E-state index contributed by atoms with van der Waals surface area (Å²) in [5, 5.41) is 21.6. The molecule has 0 amide bonds. The van der Waals surface area contributed by atoms with Crippen LogP contribution in [0.5, 0.6) is 5.75 Å². The zero-order valence-corrected chi connectivity index (χ0v) is 14.3. The first-order valence-electron chi connectivity index (χ1n) is 8.19. The normalized spacial score (nSPS) is 15.0. The molecule has 1 heterocycles. The van der Waals surface area contributed by atoms with E-state index in [1.165, 1.54) is 13.3 Å². The van der Waals surface area contributed by atoms with Gasteiger partial charge in [0.05, 0.1) is 18.3 Å². The fraction of sp³-hybridized carbons (Fsp3) is 0.0476. The minimum Gasteiger partial charge on any atom is -0.504 e. The summed E-state index contributed by atoms with van der Waals surface area (Å²) in [7, 11) is 1.51. The molecule has 1 aromatic heterocycles. The van der Waals surface area contributed by atoms with Crippen LogP contribution in [0.4, 0.5) is 0 Å². The average molecular weight is 361 g/mol. The number of allylic oxidation sites excluding steroid dienone is 2. The second kappa shape index (κ2) is 6.17. The van der Waals surface area contributed by atoms with Gasteiger partial charge in [-0.2, -0.15) is 0 Å². The Morgan fingerprint density at radius 1 is 0.889 bits per heavy atom. The third kappa shape index (κ3) is 2.50. The molecule has 0 unspecified atom stereocenters. The van der Waals surface area contributed by atoms with Gasteiger partial charge < -0.3 is 19.9 Å². The number of nitrogens with one attached hydrogen (secondary N) is 1. The number of benzene rings is 2. The number of aliphatic hydroxyl groups is 2. The molecule has 0 saturated carbocycles. The van der Waals surface area contributed by atoms with Gasteiger partial charge in [0, 0.05) is 22.7 Å². The van der Waals surface area contributed by atoms with E-state index in [9.17, 15) is 19.8 Å². The van der Waals surface area contributed by atoms with Gasteiger partial charge in [0.15, 0.2) is 11.5 Å². The van der Waals surface area contributed by atoms with Gasteiger partial charge in [-0.3, -0.25) is 9.59 Å². The Balaban J connectivity index is 1.90. The number of fused-ring (bicyclic) bond motifs is 1. The Kier molecular flexibility index (Phi) is 3.81. The largest absolute Gasteiger partial charge is 0.504 e. The topological polar surface area (TPSA) is 99.6 Å². The van der Waals surface area contributed by atoms with Crippen LogP contribution >= 0.6 is 0 Å². The van der Waals surface area contributed by atoms with Crippen LogP contribution < -0.4 is 4.74 Å². The molecule has 0 atom stereocenters. The third-order valence-electron chi connectivity index (χ3n) is 4.58. The van der Waals surface area contributed by atoms with Gasteiger partial charge in [0.1, 0.15) is 5.75 Å². The molecule has 0 fully saturated rings. The number of Topliss-reactive ketones (excluding diaryl/α,β-unsaturated/α-hetero) is 2. The quantitative estimate of drug-likeness (QED) is 0.619. The summed E-state index contributed by atoms with van der Waals surface area (Å²) in [4.78, 5) is 28.6. The van der Waals surface area contributed by atoms with E-state index < -0.39 is 23.1 Å². The molecule has 3 N–H and O–H groups in total. The molecule has 1 aliphatic carbocycles. The van der Waals surface area contributed by atoms with Crippen LogP contribution in [-0.2, 0) is 9.59 Å². The predicted molar refractivity (Wildman–Crippen MR) is 100 cm³/mol. The van der Waals surface area contributed by atoms with Crippen LogP contribution in [0.15, 0.2) is 66.2 Å². The standard InChI is InChI=1S/C21H15NO5/c1-27-12-7-8-15-13(9-12)14(10-22-15)17-20(25)18(23)16(19(24)21(17)26)11-5-3-2-4-6-11/h2-10,22-23,26H,1H3. The van der Waals surface area contributed by atoms with Crippen molar-refractivity contribution in [3.63, 3.8) is 0 Å². The van der Waals surface area contributed by atoms with Crippen LogP contribution in [0.1, 0.15) is 11.1 Å². The van der Waals surface area contributed by atoms with Crippen LogP contribution in [0.2, 0.25) is 0 Å². The molecule has 27 heavy (non-hydrogen) atoms. The van der Waals surface area contributed by atoms with E-state index in [1.807, 2.05) is 0 Å². The molecule has 0 spiro atoms. The summed E-state index contributed by atoms with van der Waals surface area (Å²) >= 11 is 0. The molecule has 0 radical (unpaired) electrons. The highest BCUT2D eigenvalue weighted by Gasteiger charge is 2.37. The molecule has 134 valence electrons. The number of aromatic nitrogens is 1. The summed E-state index contributed by atoms with van der Waals surface area (Å²) < 4.78 is 5.20. The van der Waals surface area contributed by atoms with Crippen LogP contribution in [0.25, 0.3) is 22.0 Å². The summed E-state index contributed by atoms with van der Waals surface area (Å²) in [6, 6.07) is 13.5. The lowest BCUT2D eigenvalue weighted by molar-refractivity contribution is -0.116. The minimum absolute atomic E-state index is 0.209. The molecular formula is C21H15NO5. The number of carbonyl (C=O) groups is 2. The van der Waals surface area contributed by atoms with Crippen molar-refractivity contribution >= 4 is 33.6 Å². The number of aliphatic hydroxyl groups excluding tert-OH is 2. The molecule has 0 saturated heterocycles. The molecule has 4 rings (SSSR count). The first kappa shape index (κ1) is 16.7. The molecular weight excluding hydrogens is 346 g/mol.